The van der Waals surface area contributed by atoms with Crippen LogP contribution in [0.5, 0.6) is 0 Å². The highest BCUT2D eigenvalue weighted by molar-refractivity contribution is 7.21. The number of hydrogen-bond acceptors (Lipinski definition) is 4. The Morgan fingerprint density at radius 1 is 1.33 bits per heavy atom. The van der Waals surface area contributed by atoms with Crippen molar-refractivity contribution in [1.29, 1.82) is 5.26 Å². The van der Waals surface area contributed by atoms with Crippen LogP contribution in [-0.4, -0.2) is 29.0 Å². The molecule has 0 saturated heterocycles. The van der Waals surface area contributed by atoms with Gasteiger partial charge in [-0.2, -0.15) is 5.26 Å². The molecule has 0 aliphatic heterocycles. The van der Waals surface area contributed by atoms with Gasteiger partial charge in [-0.1, -0.05) is 18.2 Å². The zero-order chi connectivity index (χ0) is 17.3. The summed E-state index contributed by atoms with van der Waals surface area (Å²) in [4.78, 5) is 27.3. The molecule has 0 N–H and O–H groups in total. The lowest BCUT2D eigenvalue weighted by atomic mass is 10.1. The molecule has 0 radical (unpaired) electrons. The SMILES string of the molecule is CCn1c(=O)c2cc(C(=O)N(C)CCC#N)sc2c2ccccc21. The van der Waals surface area contributed by atoms with Crippen LogP contribution in [-0.2, 0) is 6.54 Å². The van der Waals surface area contributed by atoms with E-state index in [0.717, 1.165) is 15.6 Å². The van der Waals surface area contributed by atoms with Gasteiger partial charge in [-0.25, -0.2) is 0 Å². The van der Waals surface area contributed by atoms with E-state index in [1.807, 2.05) is 37.3 Å². The van der Waals surface area contributed by atoms with Crippen molar-refractivity contribution in [2.24, 2.45) is 0 Å². The zero-order valence-corrected chi connectivity index (χ0v) is 14.4. The van der Waals surface area contributed by atoms with Gasteiger partial charge < -0.3 is 9.47 Å². The summed E-state index contributed by atoms with van der Waals surface area (Å²) in [6.45, 7) is 2.90. The number of para-hydroxylation sites is 1. The van der Waals surface area contributed by atoms with Gasteiger partial charge in [-0.05, 0) is 19.1 Å². The lowest BCUT2D eigenvalue weighted by Crippen LogP contribution is -2.26. The monoisotopic (exact) mass is 339 g/mol. The molecule has 1 aromatic carbocycles. The molecule has 122 valence electrons. The number of nitriles is 1. The summed E-state index contributed by atoms with van der Waals surface area (Å²) in [6.07, 6.45) is 0.290. The number of amides is 1. The van der Waals surface area contributed by atoms with Crippen LogP contribution in [0.25, 0.3) is 21.0 Å². The Morgan fingerprint density at radius 3 is 2.79 bits per heavy atom. The van der Waals surface area contributed by atoms with Gasteiger partial charge in [0.05, 0.1) is 28.3 Å². The maximum absolute atomic E-state index is 12.8. The summed E-state index contributed by atoms with van der Waals surface area (Å²) in [7, 11) is 1.67. The van der Waals surface area contributed by atoms with Gasteiger partial charge in [0.25, 0.3) is 11.5 Å². The first-order valence-electron chi connectivity index (χ1n) is 7.76. The van der Waals surface area contributed by atoms with Crippen molar-refractivity contribution in [3.8, 4) is 6.07 Å². The van der Waals surface area contributed by atoms with Crippen molar-refractivity contribution in [1.82, 2.24) is 9.47 Å². The number of nitrogens with zero attached hydrogens (tertiary/aromatic N) is 3. The molecule has 2 heterocycles. The fourth-order valence-electron chi connectivity index (χ4n) is 2.83. The molecule has 0 unspecified atom stereocenters. The van der Waals surface area contributed by atoms with Crippen molar-refractivity contribution in [3.05, 3.63) is 45.6 Å². The first-order valence-corrected chi connectivity index (χ1v) is 8.57. The molecule has 3 aromatic rings. The fraction of sp³-hybridized carbons (Fsp3) is 0.278. The van der Waals surface area contributed by atoms with Crippen LogP contribution < -0.4 is 5.56 Å². The van der Waals surface area contributed by atoms with Gasteiger partial charge in [0, 0.05) is 30.2 Å². The van der Waals surface area contributed by atoms with E-state index in [2.05, 4.69) is 0 Å². The van der Waals surface area contributed by atoms with Gasteiger partial charge in [0.15, 0.2) is 0 Å². The Balaban J connectivity index is 2.20. The molecule has 5 nitrogen and oxygen atoms in total. The topological polar surface area (TPSA) is 66.1 Å². The van der Waals surface area contributed by atoms with Gasteiger partial charge in [0.2, 0.25) is 0 Å². The van der Waals surface area contributed by atoms with Crippen LogP contribution in [0.4, 0.5) is 0 Å². The number of rotatable bonds is 4. The number of carbonyl (C=O) groups excluding carboxylic acids is 1. The summed E-state index contributed by atoms with van der Waals surface area (Å²) in [5.74, 6) is -0.155. The second-order valence-corrected chi connectivity index (χ2v) is 6.61. The molecular weight excluding hydrogens is 322 g/mol. The molecule has 24 heavy (non-hydrogen) atoms. The van der Waals surface area contributed by atoms with Gasteiger partial charge in [-0.15, -0.1) is 11.3 Å². The molecule has 0 bridgehead atoms. The molecule has 1 amide bonds. The third-order valence-electron chi connectivity index (χ3n) is 4.08. The fourth-order valence-corrected chi connectivity index (χ4v) is 4.01. The van der Waals surface area contributed by atoms with Crippen molar-refractivity contribution in [3.63, 3.8) is 0 Å². The summed E-state index contributed by atoms with van der Waals surface area (Å²) in [6, 6.07) is 11.5. The van der Waals surface area contributed by atoms with Crippen molar-refractivity contribution in [2.75, 3.05) is 13.6 Å². The minimum absolute atomic E-state index is 0.0684. The number of thiophene rings is 1. The highest BCUT2D eigenvalue weighted by Crippen LogP contribution is 2.31. The standard InChI is InChI=1S/C18H17N3O2S/c1-3-21-14-8-5-4-7-12(14)16-13(17(21)22)11-15(24-16)18(23)20(2)10-6-9-19/h4-5,7-8,11H,3,6,10H2,1-2H3. The minimum atomic E-state index is -0.155. The third-order valence-corrected chi connectivity index (χ3v) is 5.24. The van der Waals surface area contributed by atoms with E-state index >= 15 is 0 Å². The summed E-state index contributed by atoms with van der Waals surface area (Å²) in [5, 5.41) is 10.2. The predicted octanol–water partition coefficient (Wildman–Crippen LogP) is 3.22. The Bertz CT molecular complexity index is 1030. The highest BCUT2D eigenvalue weighted by atomic mass is 32.1. The second-order valence-electron chi connectivity index (χ2n) is 5.55. The van der Waals surface area contributed by atoms with E-state index in [-0.39, 0.29) is 11.5 Å². The van der Waals surface area contributed by atoms with Crippen LogP contribution in [0.1, 0.15) is 23.0 Å². The molecular formula is C18H17N3O2S. The number of pyridine rings is 1. The van der Waals surface area contributed by atoms with Gasteiger partial charge >= 0.3 is 0 Å². The Morgan fingerprint density at radius 2 is 2.08 bits per heavy atom. The molecule has 3 rings (SSSR count). The van der Waals surface area contributed by atoms with E-state index in [9.17, 15) is 9.59 Å². The van der Waals surface area contributed by atoms with E-state index in [4.69, 9.17) is 5.26 Å². The van der Waals surface area contributed by atoms with Crippen LogP contribution in [0.15, 0.2) is 35.1 Å². The lowest BCUT2D eigenvalue weighted by molar-refractivity contribution is 0.0803. The normalized spacial score (nSPS) is 10.9. The van der Waals surface area contributed by atoms with Crippen LogP contribution in [0.2, 0.25) is 0 Å². The molecule has 0 aliphatic rings. The van der Waals surface area contributed by atoms with Crippen LogP contribution in [0.3, 0.4) is 0 Å². The second kappa shape index (κ2) is 6.46. The first-order chi connectivity index (χ1) is 11.6. The quantitative estimate of drug-likeness (QED) is 0.733. The number of hydrogen-bond donors (Lipinski definition) is 0. The Kier molecular flexibility index (Phi) is 4.36. The summed E-state index contributed by atoms with van der Waals surface area (Å²) < 4.78 is 2.58. The Labute approximate surface area is 143 Å². The van der Waals surface area contributed by atoms with E-state index in [1.54, 1.807) is 17.7 Å². The average molecular weight is 339 g/mol. The molecule has 2 aromatic heterocycles. The maximum Gasteiger partial charge on any atom is 0.263 e. The number of aromatic nitrogens is 1. The summed E-state index contributed by atoms with van der Waals surface area (Å²) in [5.41, 5.74) is 0.817. The van der Waals surface area contributed by atoms with Crippen molar-refractivity contribution in [2.45, 2.75) is 19.9 Å². The van der Waals surface area contributed by atoms with E-state index in [0.29, 0.717) is 29.8 Å². The third kappa shape index (κ3) is 2.57. The van der Waals surface area contributed by atoms with Crippen LogP contribution >= 0.6 is 11.3 Å². The van der Waals surface area contributed by atoms with E-state index in [1.165, 1.54) is 16.2 Å². The maximum atomic E-state index is 12.8. The van der Waals surface area contributed by atoms with Crippen molar-refractivity contribution >= 4 is 38.2 Å². The summed E-state index contributed by atoms with van der Waals surface area (Å²) >= 11 is 1.34. The van der Waals surface area contributed by atoms with Gasteiger partial charge in [0.1, 0.15) is 0 Å². The predicted molar refractivity (Wildman–Crippen MR) is 96.5 cm³/mol. The highest BCUT2D eigenvalue weighted by Gasteiger charge is 2.18. The number of aryl methyl sites for hydroxylation is 1. The molecule has 0 aliphatic carbocycles. The molecule has 0 spiro atoms. The van der Waals surface area contributed by atoms with Crippen LogP contribution in [0, 0.1) is 11.3 Å². The van der Waals surface area contributed by atoms with Crippen molar-refractivity contribution < 1.29 is 4.79 Å². The molecule has 0 atom stereocenters. The molecule has 0 saturated carbocycles. The largest absolute Gasteiger partial charge is 0.340 e. The number of carbonyl (C=O) groups is 1. The first kappa shape index (κ1) is 16.2. The minimum Gasteiger partial charge on any atom is -0.340 e. The van der Waals surface area contributed by atoms with Gasteiger partial charge in [-0.3, -0.25) is 9.59 Å². The number of benzene rings is 1. The zero-order valence-electron chi connectivity index (χ0n) is 13.6. The average Bonchev–Trinajstić information content (AvgIpc) is 3.05. The van der Waals surface area contributed by atoms with E-state index < -0.39 is 0 Å². The molecule has 0 fully saturated rings. The number of fused-ring (bicyclic) bond motifs is 3. The smallest absolute Gasteiger partial charge is 0.263 e. The lowest BCUT2D eigenvalue weighted by Gasteiger charge is -2.13. The molecule has 6 heteroatoms. The Hall–Kier alpha value is -2.65.